The first-order valence-corrected chi connectivity index (χ1v) is 7.48. The van der Waals surface area contributed by atoms with Crippen LogP contribution in [0.25, 0.3) is 0 Å². The number of rotatable bonds is 4. The van der Waals surface area contributed by atoms with Crippen molar-refractivity contribution in [2.75, 3.05) is 26.2 Å². The fourth-order valence-electron chi connectivity index (χ4n) is 3.19. The van der Waals surface area contributed by atoms with Crippen LogP contribution in [0.3, 0.4) is 0 Å². The van der Waals surface area contributed by atoms with Gasteiger partial charge in [0.05, 0.1) is 16.6 Å². The maximum atomic E-state index is 11.1. The number of nitro groups is 1. The Balaban J connectivity index is 0.00000144. The molecule has 0 amide bonds. The molecule has 7 nitrogen and oxygen atoms in total. The molecule has 1 aromatic carbocycles. The Labute approximate surface area is 152 Å². The summed E-state index contributed by atoms with van der Waals surface area (Å²) in [5, 5.41) is 33.9. The Kier molecular flexibility index (Phi) is 7.24. The number of aromatic hydroxyl groups is 1. The number of hydrogen-bond acceptors (Lipinski definition) is 6. The fourth-order valence-corrected chi connectivity index (χ4v) is 3.19. The van der Waals surface area contributed by atoms with Gasteiger partial charge < -0.3 is 10.4 Å². The van der Waals surface area contributed by atoms with Crippen molar-refractivity contribution < 1.29 is 10.0 Å². The van der Waals surface area contributed by atoms with Gasteiger partial charge in [0.2, 0.25) is 0 Å². The van der Waals surface area contributed by atoms with Crippen LogP contribution < -0.4 is 5.32 Å². The average molecular weight is 375 g/mol. The molecule has 0 radical (unpaired) electrons. The van der Waals surface area contributed by atoms with Gasteiger partial charge in [0.1, 0.15) is 0 Å². The van der Waals surface area contributed by atoms with Crippen LogP contribution in [-0.2, 0) is 0 Å². The molecule has 2 aliphatic rings. The molecule has 1 aliphatic carbocycles. The van der Waals surface area contributed by atoms with E-state index in [0.29, 0.717) is 11.5 Å². The van der Waals surface area contributed by atoms with Gasteiger partial charge in [0.15, 0.2) is 5.75 Å². The second-order valence-electron chi connectivity index (χ2n) is 5.87. The highest BCUT2D eigenvalue weighted by Gasteiger charge is 2.39. The SMILES string of the molecule is Cl.Cl.N#Cc1cc([C@H](C2CC2)N2CCNCC2)c(O)c([N+](=O)[O-])c1. The number of nitrogens with zero attached hydrogens (tertiary/aromatic N) is 3. The van der Waals surface area contributed by atoms with Crippen LogP contribution in [0.5, 0.6) is 5.75 Å². The Hall–Kier alpha value is -1.59. The fraction of sp³-hybridized carbons (Fsp3) is 0.533. The standard InChI is InChI=1S/C15H18N4O3.2ClH/c16-9-10-7-12(15(20)13(8-10)19(21)22)14(11-1-2-11)18-5-3-17-4-6-18;;/h7-8,11,14,17,20H,1-6H2;2*1H/t14-;;/m0../s1. The van der Waals surface area contributed by atoms with Gasteiger partial charge in [-0.1, -0.05) is 0 Å². The van der Waals surface area contributed by atoms with E-state index in [0.717, 1.165) is 45.1 Å². The van der Waals surface area contributed by atoms with Crippen molar-refractivity contribution in [2.45, 2.75) is 18.9 Å². The third-order valence-electron chi connectivity index (χ3n) is 4.38. The van der Waals surface area contributed by atoms with Crippen LogP contribution in [-0.4, -0.2) is 41.1 Å². The zero-order valence-electron chi connectivity index (χ0n) is 13.0. The van der Waals surface area contributed by atoms with E-state index in [2.05, 4.69) is 10.2 Å². The lowest BCUT2D eigenvalue weighted by molar-refractivity contribution is -0.386. The monoisotopic (exact) mass is 374 g/mol. The molecule has 1 aliphatic heterocycles. The first kappa shape index (κ1) is 20.5. The number of benzene rings is 1. The van der Waals surface area contributed by atoms with Gasteiger partial charge in [0.25, 0.3) is 0 Å². The molecule has 132 valence electrons. The lowest BCUT2D eigenvalue weighted by Gasteiger charge is -2.35. The van der Waals surface area contributed by atoms with Crippen molar-refractivity contribution in [1.82, 2.24) is 10.2 Å². The normalized spacial score (nSPS) is 18.6. The second kappa shape index (κ2) is 8.49. The van der Waals surface area contributed by atoms with Gasteiger partial charge in [-0.25, -0.2) is 0 Å². The minimum Gasteiger partial charge on any atom is -0.502 e. The van der Waals surface area contributed by atoms with E-state index >= 15 is 0 Å². The molecule has 9 heteroatoms. The number of nitrogens with one attached hydrogen (secondary N) is 1. The number of phenols is 1. The van der Waals surface area contributed by atoms with Crippen LogP contribution in [0.1, 0.15) is 30.0 Å². The highest BCUT2D eigenvalue weighted by molar-refractivity contribution is 5.85. The number of nitro benzene ring substituents is 1. The van der Waals surface area contributed by atoms with E-state index in [1.54, 1.807) is 6.07 Å². The summed E-state index contributed by atoms with van der Waals surface area (Å²) >= 11 is 0. The summed E-state index contributed by atoms with van der Waals surface area (Å²) in [6, 6.07) is 4.66. The van der Waals surface area contributed by atoms with Crippen LogP contribution in [0.4, 0.5) is 5.69 Å². The quantitative estimate of drug-likeness (QED) is 0.619. The van der Waals surface area contributed by atoms with Crippen LogP contribution in [0, 0.1) is 27.4 Å². The summed E-state index contributed by atoms with van der Waals surface area (Å²) in [7, 11) is 0. The smallest absolute Gasteiger partial charge is 0.312 e. The van der Waals surface area contributed by atoms with Crippen molar-refractivity contribution in [3.63, 3.8) is 0 Å². The minimum atomic E-state index is -0.624. The zero-order valence-corrected chi connectivity index (χ0v) is 14.6. The van der Waals surface area contributed by atoms with Crippen LogP contribution >= 0.6 is 24.8 Å². The number of hydrogen-bond donors (Lipinski definition) is 2. The van der Waals surface area contributed by atoms with Crippen LogP contribution in [0.15, 0.2) is 12.1 Å². The van der Waals surface area contributed by atoms with Crippen molar-refractivity contribution >= 4 is 30.5 Å². The maximum Gasteiger partial charge on any atom is 0.312 e. The largest absolute Gasteiger partial charge is 0.502 e. The first-order valence-electron chi connectivity index (χ1n) is 7.48. The van der Waals surface area contributed by atoms with E-state index in [1.807, 2.05) is 6.07 Å². The molecular weight excluding hydrogens is 355 g/mol. The number of piperazine rings is 1. The molecule has 0 spiro atoms. The number of phenolic OH excluding ortho intramolecular Hbond substituents is 1. The van der Waals surface area contributed by atoms with Crippen molar-refractivity contribution in [3.8, 4) is 11.8 Å². The molecule has 0 unspecified atom stereocenters. The van der Waals surface area contributed by atoms with Crippen molar-refractivity contribution in [3.05, 3.63) is 33.4 Å². The average Bonchev–Trinajstić information content (AvgIpc) is 3.35. The Bertz CT molecular complexity index is 640. The van der Waals surface area contributed by atoms with E-state index in [1.165, 1.54) is 0 Å². The highest BCUT2D eigenvalue weighted by atomic mass is 35.5. The Morgan fingerprint density at radius 1 is 1.33 bits per heavy atom. The Morgan fingerprint density at radius 3 is 2.46 bits per heavy atom. The molecule has 2 fully saturated rings. The van der Waals surface area contributed by atoms with E-state index in [-0.39, 0.29) is 47.9 Å². The molecule has 1 heterocycles. The van der Waals surface area contributed by atoms with Gasteiger partial charge in [0, 0.05) is 43.9 Å². The molecule has 3 rings (SSSR count). The lowest BCUT2D eigenvalue weighted by atomic mass is 9.96. The summed E-state index contributed by atoms with van der Waals surface area (Å²) in [6.07, 6.45) is 2.11. The van der Waals surface area contributed by atoms with Gasteiger partial charge in [-0.15, -0.1) is 24.8 Å². The molecule has 0 aromatic heterocycles. The van der Waals surface area contributed by atoms with Crippen LogP contribution in [0.2, 0.25) is 0 Å². The summed E-state index contributed by atoms with van der Waals surface area (Å²) < 4.78 is 0. The molecule has 1 atom stereocenters. The first-order chi connectivity index (χ1) is 10.6. The zero-order chi connectivity index (χ0) is 15.7. The molecule has 0 bridgehead atoms. The van der Waals surface area contributed by atoms with E-state index < -0.39 is 4.92 Å². The predicted octanol–water partition coefficient (Wildman–Crippen LogP) is 2.37. The molecule has 1 aromatic rings. The van der Waals surface area contributed by atoms with E-state index in [9.17, 15) is 15.2 Å². The second-order valence-corrected chi connectivity index (χ2v) is 5.87. The summed E-state index contributed by atoms with van der Waals surface area (Å²) in [5.41, 5.74) is 0.366. The topological polar surface area (TPSA) is 102 Å². The van der Waals surface area contributed by atoms with E-state index in [4.69, 9.17) is 5.26 Å². The van der Waals surface area contributed by atoms with Gasteiger partial charge in [-0.3, -0.25) is 15.0 Å². The number of nitriles is 1. The van der Waals surface area contributed by atoms with Gasteiger partial charge in [-0.05, 0) is 24.8 Å². The van der Waals surface area contributed by atoms with Gasteiger partial charge in [-0.2, -0.15) is 5.26 Å². The minimum absolute atomic E-state index is 0. The molecule has 1 saturated heterocycles. The van der Waals surface area contributed by atoms with Crippen molar-refractivity contribution in [1.29, 1.82) is 5.26 Å². The van der Waals surface area contributed by atoms with Crippen molar-refractivity contribution in [2.24, 2.45) is 5.92 Å². The molecular formula is C15H20Cl2N4O3. The predicted molar refractivity (Wildman–Crippen MR) is 93.9 cm³/mol. The molecule has 24 heavy (non-hydrogen) atoms. The summed E-state index contributed by atoms with van der Waals surface area (Å²) in [5.74, 6) is 0.108. The number of halogens is 2. The maximum absolute atomic E-state index is 11.1. The molecule has 2 N–H and O–H groups in total. The summed E-state index contributed by atoms with van der Waals surface area (Å²) in [4.78, 5) is 12.8. The highest BCUT2D eigenvalue weighted by Crippen LogP contribution is 2.48. The molecule has 1 saturated carbocycles. The van der Waals surface area contributed by atoms with Gasteiger partial charge >= 0.3 is 5.69 Å². The Morgan fingerprint density at radius 2 is 1.96 bits per heavy atom. The lowest BCUT2D eigenvalue weighted by Crippen LogP contribution is -2.45. The third kappa shape index (κ3) is 4.08. The summed E-state index contributed by atoms with van der Waals surface area (Å²) in [6.45, 7) is 3.41. The third-order valence-corrected chi connectivity index (χ3v) is 4.38.